The molecule has 1 atom stereocenters. The molecule has 3 aromatic rings. The van der Waals surface area contributed by atoms with Crippen molar-refractivity contribution in [2.24, 2.45) is 0 Å². The van der Waals surface area contributed by atoms with Gasteiger partial charge in [-0.25, -0.2) is 0 Å². The van der Waals surface area contributed by atoms with Gasteiger partial charge in [0, 0.05) is 23.3 Å². The molecule has 0 saturated carbocycles. The minimum Gasteiger partial charge on any atom is -0.382 e. The van der Waals surface area contributed by atoms with Crippen LogP contribution in [0.3, 0.4) is 0 Å². The lowest BCUT2D eigenvalue weighted by atomic mass is 10.1. The lowest BCUT2D eigenvalue weighted by molar-refractivity contribution is 0.215. The number of nitrogens with zero attached hydrogens (tertiary/aromatic N) is 2. The third-order valence-electron chi connectivity index (χ3n) is 3.14. The topological polar surface area (TPSA) is 46.0 Å². The van der Waals surface area contributed by atoms with Crippen molar-refractivity contribution < 1.29 is 5.11 Å². The van der Waals surface area contributed by atoms with Crippen molar-refractivity contribution in [3.05, 3.63) is 71.7 Å². The molecule has 3 heteroatoms. The van der Waals surface area contributed by atoms with E-state index in [1.54, 1.807) is 12.4 Å². The van der Waals surface area contributed by atoms with E-state index in [4.69, 9.17) is 0 Å². The highest BCUT2D eigenvalue weighted by atomic mass is 16.3. The molecule has 0 spiro atoms. The number of fused-ring (bicyclic) bond motifs is 1. The summed E-state index contributed by atoms with van der Waals surface area (Å²) in [6.45, 7) is 1.97. The van der Waals surface area contributed by atoms with E-state index in [-0.39, 0.29) is 0 Å². The number of aliphatic hydroxyl groups excluding tert-OH is 1. The Hall–Kier alpha value is -2.26. The summed E-state index contributed by atoms with van der Waals surface area (Å²) >= 11 is 0. The molecule has 0 amide bonds. The summed E-state index contributed by atoms with van der Waals surface area (Å²) in [4.78, 5) is 8.61. The number of para-hydroxylation sites is 1. The van der Waals surface area contributed by atoms with Gasteiger partial charge in [0.2, 0.25) is 0 Å². The van der Waals surface area contributed by atoms with E-state index >= 15 is 0 Å². The quantitative estimate of drug-likeness (QED) is 0.760. The first-order chi connectivity index (χ1) is 9.24. The Kier molecular flexibility index (Phi) is 2.97. The molecule has 0 bridgehead atoms. The summed E-state index contributed by atoms with van der Waals surface area (Å²) in [5.41, 5.74) is 3.40. The highest BCUT2D eigenvalue weighted by molar-refractivity contribution is 5.78. The molecule has 0 radical (unpaired) electrons. The van der Waals surface area contributed by atoms with Crippen LogP contribution in [0.2, 0.25) is 0 Å². The minimum atomic E-state index is -0.738. The molecule has 3 nitrogen and oxygen atoms in total. The molecule has 94 valence electrons. The number of pyridine rings is 2. The van der Waals surface area contributed by atoms with Gasteiger partial charge in [0.1, 0.15) is 6.10 Å². The van der Waals surface area contributed by atoms with Gasteiger partial charge >= 0.3 is 0 Å². The molecule has 3 rings (SSSR count). The third kappa shape index (κ3) is 2.33. The standard InChI is InChI=1S/C16H14N2O/c1-11-6-7-15(17-9-11)16(19)13-8-12-4-2-3-5-14(12)18-10-13/h2-10,16,19H,1H3. The maximum Gasteiger partial charge on any atom is 0.122 e. The summed E-state index contributed by atoms with van der Waals surface area (Å²) in [6, 6.07) is 13.6. The fraction of sp³-hybridized carbons (Fsp3) is 0.125. The van der Waals surface area contributed by atoms with E-state index in [0.29, 0.717) is 5.69 Å². The van der Waals surface area contributed by atoms with Gasteiger partial charge in [-0.3, -0.25) is 9.97 Å². The number of aliphatic hydroxyl groups is 1. The molecule has 1 N–H and O–H groups in total. The van der Waals surface area contributed by atoms with Crippen LogP contribution in [0, 0.1) is 6.92 Å². The van der Waals surface area contributed by atoms with Gasteiger partial charge in [0.05, 0.1) is 11.2 Å². The van der Waals surface area contributed by atoms with Gasteiger partial charge in [0.25, 0.3) is 0 Å². The predicted octanol–water partition coefficient (Wildman–Crippen LogP) is 3.02. The average molecular weight is 250 g/mol. The Morgan fingerprint density at radius 2 is 1.84 bits per heavy atom. The highest BCUT2D eigenvalue weighted by Gasteiger charge is 2.12. The number of hydrogen-bond donors (Lipinski definition) is 1. The predicted molar refractivity (Wildman–Crippen MR) is 74.8 cm³/mol. The maximum atomic E-state index is 10.3. The van der Waals surface area contributed by atoms with E-state index in [1.807, 2.05) is 49.4 Å². The molecule has 19 heavy (non-hydrogen) atoms. The Labute approximate surface area is 111 Å². The zero-order valence-corrected chi connectivity index (χ0v) is 10.6. The normalized spacial score (nSPS) is 12.5. The SMILES string of the molecule is Cc1ccc(C(O)c2cnc3ccccc3c2)nc1. The summed E-state index contributed by atoms with van der Waals surface area (Å²) in [5, 5.41) is 11.4. The van der Waals surface area contributed by atoms with Crippen LogP contribution in [-0.4, -0.2) is 15.1 Å². The summed E-state index contributed by atoms with van der Waals surface area (Å²) in [5.74, 6) is 0. The first-order valence-corrected chi connectivity index (χ1v) is 6.19. The lowest BCUT2D eigenvalue weighted by Gasteiger charge is -2.11. The highest BCUT2D eigenvalue weighted by Crippen LogP contribution is 2.22. The molecule has 0 aliphatic carbocycles. The largest absolute Gasteiger partial charge is 0.382 e. The molecule has 2 heterocycles. The molecule has 2 aromatic heterocycles. The fourth-order valence-electron chi connectivity index (χ4n) is 2.05. The molecule has 0 fully saturated rings. The molecule has 0 aliphatic heterocycles. The van der Waals surface area contributed by atoms with Crippen LogP contribution < -0.4 is 0 Å². The van der Waals surface area contributed by atoms with Crippen LogP contribution in [0.15, 0.2) is 54.9 Å². The Balaban J connectivity index is 2.01. The molecular formula is C16H14N2O. The van der Waals surface area contributed by atoms with Crippen LogP contribution in [-0.2, 0) is 0 Å². The van der Waals surface area contributed by atoms with Crippen molar-refractivity contribution in [3.8, 4) is 0 Å². The number of aromatic nitrogens is 2. The second kappa shape index (κ2) is 4.78. The Morgan fingerprint density at radius 1 is 1.00 bits per heavy atom. The molecule has 1 aromatic carbocycles. The zero-order chi connectivity index (χ0) is 13.2. The van der Waals surface area contributed by atoms with Gasteiger partial charge in [-0.15, -0.1) is 0 Å². The first-order valence-electron chi connectivity index (χ1n) is 6.19. The van der Waals surface area contributed by atoms with Crippen molar-refractivity contribution in [2.75, 3.05) is 0 Å². The van der Waals surface area contributed by atoms with E-state index < -0.39 is 6.10 Å². The van der Waals surface area contributed by atoms with Crippen molar-refractivity contribution in [3.63, 3.8) is 0 Å². The molecule has 1 unspecified atom stereocenters. The van der Waals surface area contributed by atoms with Gasteiger partial charge in [0.15, 0.2) is 0 Å². The minimum absolute atomic E-state index is 0.641. The summed E-state index contributed by atoms with van der Waals surface area (Å²) in [7, 11) is 0. The Morgan fingerprint density at radius 3 is 2.63 bits per heavy atom. The average Bonchev–Trinajstić information content (AvgIpc) is 2.47. The van der Waals surface area contributed by atoms with Crippen molar-refractivity contribution in [1.29, 1.82) is 0 Å². The monoisotopic (exact) mass is 250 g/mol. The smallest absolute Gasteiger partial charge is 0.122 e. The first kappa shape index (κ1) is 11.8. The van der Waals surface area contributed by atoms with Gasteiger partial charge in [-0.1, -0.05) is 24.3 Å². The summed E-state index contributed by atoms with van der Waals surface area (Å²) in [6.07, 6.45) is 2.72. The lowest BCUT2D eigenvalue weighted by Crippen LogP contribution is -2.02. The second-order valence-corrected chi connectivity index (χ2v) is 4.62. The van der Waals surface area contributed by atoms with Gasteiger partial charge in [-0.2, -0.15) is 0 Å². The Bertz CT molecular complexity index is 707. The van der Waals surface area contributed by atoms with E-state index in [1.165, 1.54) is 0 Å². The molecular weight excluding hydrogens is 236 g/mol. The van der Waals surface area contributed by atoms with E-state index in [0.717, 1.165) is 22.0 Å². The number of aryl methyl sites for hydroxylation is 1. The third-order valence-corrected chi connectivity index (χ3v) is 3.14. The van der Waals surface area contributed by atoms with Crippen LogP contribution in [0.4, 0.5) is 0 Å². The fourth-order valence-corrected chi connectivity index (χ4v) is 2.05. The number of benzene rings is 1. The van der Waals surface area contributed by atoms with Crippen LogP contribution >= 0.6 is 0 Å². The van der Waals surface area contributed by atoms with Crippen LogP contribution in [0.1, 0.15) is 22.9 Å². The van der Waals surface area contributed by atoms with Crippen LogP contribution in [0.25, 0.3) is 10.9 Å². The van der Waals surface area contributed by atoms with Crippen molar-refractivity contribution >= 4 is 10.9 Å². The molecule has 0 saturated heterocycles. The summed E-state index contributed by atoms with van der Waals surface area (Å²) < 4.78 is 0. The zero-order valence-electron chi connectivity index (χ0n) is 10.6. The van der Waals surface area contributed by atoms with Gasteiger partial charge in [-0.05, 0) is 30.7 Å². The maximum absolute atomic E-state index is 10.3. The van der Waals surface area contributed by atoms with Crippen LogP contribution in [0.5, 0.6) is 0 Å². The number of hydrogen-bond acceptors (Lipinski definition) is 3. The van der Waals surface area contributed by atoms with Crippen molar-refractivity contribution in [2.45, 2.75) is 13.0 Å². The van der Waals surface area contributed by atoms with E-state index in [2.05, 4.69) is 9.97 Å². The molecule has 0 aliphatic rings. The van der Waals surface area contributed by atoms with Crippen molar-refractivity contribution in [1.82, 2.24) is 9.97 Å². The number of rotatable bonds is 2. The van der Waals surface area contributed by atoms with E-state index in [9.17, 15) is 5.11 Å². The second-order valence-electron chi connectivity index (χ2n) is 4.62. The van der Waals surface area contributed by atoms with Gasteiger partial charge < -0.3 is 5.11 Å².